The van der Waals surface area contributed by atoms with Crippen LogP contribution in [0.25, 0.3) is 0 Å². The predicted octanol–water partition coefficient (Wildman–Crippen LogP) is 2.45. The lowest BCUT2D eigenvalue weighted by atomic mass is 10.2. The van der Waals surface area contributed by atoms with E-state index in [4.69, 9.17) is 4.42 Å². The summed E-state index contributed by atoms with van der Waals surface area (Å²) in [6, 6.07) is 3.42. The van der Waals surface area contributed by atoms with Crippen molar-refractivity contribution in [3.8, 4) is 0 Å². The van der Waals surface area contributed by atoms with E-state index >= 15 is 0 Å². The fourth-order valence-electron chi connectivity index (χ4n) is 3.56. The molecule has 2 aliphatic heterocycles. The first kappa shape index (κ1) is 15.1. The van der Waals surface area contributed by atoms with Gasteiger partial charge in [-0.2, -0.15) is 0 Å². The Morgan fingerprint density at radius 2 is 2.10 bits per heavy atom. The maximum atomic E-state index is 5.65. The summed E-state index contributed by atoms with van der Waals surface area (Å²) < 4.78 is 5.65. The van der Waals surface area contributed by atoms with E-state index in [2.05, 4.69) is 35.0 Å². The SMILES string of the molecule is CC(C)NCc1occc1CN1CCC(N2CCCC2)C1. The minimum Gasteiger partial charge on any atom is -0.468 e. The fraction of sp³-hybridized carbons (Fsp3) is 0.765. The Kier molecular flexibility index (Phi) is 4.99. The van der Waals surface area contributed by atoms with Crippen molar-refractivity contribution in [3.05, 3.63) is 23.7 Å². The molecule has 4 nitrogen and oxygen atoms in total. The Bertz CT molecular complexity index is 437. The highest BCUT2D eigenvalue weighted by molar-refractivity contribution is 5.17. The van der Waals surface area contributed by atoms with E-state index in [0.29, 0.717) is 6.04 Å². The molecule has 0 aromatic carbocycles. The van der Waals surface area contributed by atoms with Gasteiger partial charge in [-0.25, -0.2) is 0 Å². The molecule has 2 aliphatic rings. The van der Waals surface area contributed by atoms with Crippen LogP contribution in [0.3, 0.4) is 0 Å². The highest BCUT2D eigenvalue weighted by Gasteiger charge is 2.29. The lowest BCUT2D eigenvalue weighted by Crippen LogP contribution is -2.35. The Balaban J connectivity index is 1.51. The van der Waals surface area contributed by atoms with Crippen molar-refractivity contribution >= 4 is 0 Å². The molecule has 0 aliphatic carbocycles. The van der Waals surface area contributed by atoms with Crippen LogP contribution in [0.4, 0.5) is 0 Å². The van der Waals surface area contributed by atoms with Crippen LogP contribution < -0.4 is 5.32 Å². The molecule has 1 N–H and O–H groups in total. The summed E-state index contributed by atoms with van der Waals surface area (Å²) in [6.07, 6.45) is 5.95. The zero-order valence-corrected chi connectivity index (χ0v) is 13.5. The zero-order chi connectivity index (χ0) is 14.7. The molecule has 0 spiro atoms. The summed E-state index contributed by atoms with van der Waals surface area (Å²) in [5.74, 6) is 1.10. The first-order valence-corrected chi connectivity index (χ1v) is 8.47. The van der Waals surface area contributed by atoms with Crippen LogP contribution in [0.15, 0.2) is 16.7 Å². The van der Waals surface area contributed by atoms with Crippen molar-refractivity contribution in [3.63, 3.8) is 0 Å². The molecule has 1 aromatic heterocycles. The minimum absolute atomic E-state index is 0.495. The van der Waals surface area contributed by atoms with Crippen LogP contribution in [-0.4, -0.2) is 48.1 Å². The Labute approximate surface area is 128 Å². The quantitative estimate of drug-likeness (QED) is 0.872. The van der Waals surface area contributed by atoms with Crippen LogP contribution in [0.5, 0.6) is 0 Å². The van der Waals surface area contributed by atoms with Gasteiger partial charge in [-0.15, -0.1) is 0 Å². The van der Waals surface area contributed by atoms with Crippen molar-refractivity contribution in [1.29, 1.82) is 0 Å². The molecule has 2 fully saturated rings. The summed E-state index contributed by atoms with van der Waals surface area (Å²) in [4.78, 5) is 5.28. The fourth-order valence-corrected chi connectivity index (χ4v) is 3.56. The molecule has 3 heterocycles. The standard InChI is InChI=1S/C17H29N3O/c1-14(2)18-11-17-15(6-10-21-17)12-19-9-5-16(13-19)20-7-3-4-8-20/h6,10,14,16,18H,3-5,7-9,11-13H2,1-2H3. The van der Waals surface area contributed by atoms with Crippen LogP contribution in [0.2, 0.25) is 0 Å². The number of furan rings is 1. The van der Waals surface area contributed by atoms with E-state index < -0.39 is 0 Å². The van der Waals surface area contributed by atoms with Gasteiger partial charge in [0.2, 0.25) is 0 Å². The third-order valence-electron chi connectivity index (χ3n) is 4.81. The first-order valence-electron chi connectivity index (χ1n) is 8.47. The van der Waals surface area contributed by atoms with E-state index in [0.717, 1.165) is 24.9 Å². The third-order valence-corrected chi connectivity index (χ3v) is 4.81. The second-order valence-corrected chi connectivity index (χ2v) is 6.83. The average Bonchev–Trinajstić information content (AvgIpc) is 3.18. The molecular formula is C17H29N3O. The van der Waals surface area contributed by atoms with Crippen LogP contribution in [-0.2, 0) is 13.1 Å². The van der Waals surface area contributed by atoms with Gasteiger partial charge < -0.3 is 9.73 Å². The molecular weight excluding hydrogens is 262 g/mol. The predicted molar refractivity (Wildman–Crippen MR) is 85.2 cm³/mol. The Morgan fingerprint density at radius 3 is 2.86 bits per heavy atom. The topological polar surface area (TPSA) is 31.7 Å². The number of likely N-dealkylation sites (tertiary alicyclic amines) is 2. The molecule has 21 heavy (non-hydrogen) atoms. The number of hydrogen-bond acceptors (Lipinski definition) is 4. The molecule has 2 saturated heterocycles. The second-order valence-electron chi connectivity index (χ2n) is 6.83. The maximum absolute atomic E-state index is 5.65. The van der Waals surface area contributed by atoms with Gasteiger partial charge in [-0.3, -0.25) is 9.80 Å². The number of rotatable bonds is 6. The van der Waals surface area contributed by atoms with Gasteiger partial charge in [-0.1, -0.05) is 13.8 Å². The number of nitrogens with one attached hydrogen (secondary N) is 1. The Hall–Kier alpha value is -0.840. The molecule has 0 bridgehead atoms. The zero-order valence-electron chi connectivity index (χ0n) is 13.5. The summed E-state index contributed by atoms with van der Waals surface area (Å²) >= 11 is 0. The monoisotopic (exact) mass is 291 g/mol. The van der Waals surface area contributed by atoms with E-state index in [1.54, 1.807) is 0 Å². The van der Waals surface area contributed by atoms with E-state index in [-0.39, 0.29) is 0 Å². The summed E-state index contributed by atoms with van der Waals surface area (Å²) in [7, 11) is 0. The molecule has 0 amide bonds. The average molecular weight is 291 g/mol. The van der Waals surface area contributed by atoms with Crippen molar-refractivity contribution in [1.82, 2.24) is 15.1 Å². The molecule has 3 rings (SSSR count). The van der Waals surface area contributed by atoms with Gasteiger partial charge in [0.15, 0.2) is 0 Å². The molecule has 1 unspecified atom stereocenters. The molecule has 0 saturated carbocycles. The van der Waals surface area contributed by atoms with Crippen molar-refractivity contribution in [2.24, 2.45) is 0 Å². The van der Waals surface area contributed by atoms with Crippen LogP contribution in [0, 0.1) is 0 Å². The lowest BCUT2D eigenvalue weighted by molar-refractivity contribution is 0.229. The smallest absolute Gasteiger partial charge is 0.122 e. The highest BCUT2D eigenvalue weighted by Crippen LogP contribution is 2.23. The normalized spacial score (nSPS) is 24.4. The third kappa shape index (κ3) is 3.87. The van der Waals surface area contributed by atoms with E-state index in [1.165, 1.54) is 51.0 Å². The number of nitrogens with zero attached hydrogens (tertiary/aromatic N) is 2. The van der Waals surface area contributed by atoms with E-state index in [1.807, 2.05) is 6.26 Å². The Morgan fingerprint density at radius 1 is 1.29 bits per heavy atom. The largest absolute Gasteiger partial charge is 0.468 e. The van der Waals surface area contributed by atoms with Crippen LogP contribution >= 0.6 is 0 Å². The maximum Gasteiger partial charge on any atom is 0.122 e. The molecule has 0 radical (unpaired) electrons. The minimum atomic E-state index is 0.495. The van der Waals surface area contributed by atoms with E-state index in [9.17, 15) is 0 Å². The summed E-state index contributed by atoms with van der Waals surface area (Å²) in [6.45, 7) is 11.3. The van der Waals surface area contributed by atoms with Crippen molar-refractivity contribution < 1.29 is 4.42 Å². The van der Waals surface area contributed by atoms with Crippen LogP contribution in [0.1, 0.15) is 44.4 Å². The molecule has 1 atom stereocenters. The van der Waals surface area contributed by atoms with Gasteiger partial charge >= 0.3 is 0 Å². The van der Waals surface area contributed by atoms with Gasteiger partial charge in [0.25, 0.3) is 0 Å². The molecule has 1 aromatic rings. The molecule has 4 heteroatoms. The van der Waals surface area contributed by atoms with Gasteiger partial charge in [0, 0.05) is 37.3 Å². The van der Waals surface area contributed by atoms with Gasteiger partial charge in [0.05, 0.1) is 12.8 Å². The summed E-state index contributed by atoms with van der Waals surface area (Å²) in [5, 5.41) is 3.45. The highest BCUT2D eigenvalue weighted by atomic mass is 16.3. The first-order chi connectivity index (χ1) is 10.2. The summed E-state index contributed by atoms with van der Waals surface area (Å²) in [5.41, 5.74) is 1.35. The number of hydrogen-bond donors (Lipinski definition) is 1. The second kappa shape index (κ2) is 6.95. The van der Waals surface area contributed by atoms with Crippen molar-refractivity contribution in [2.75, 3.05) is 26.2 Å². The lowest BCUT2D eigenvalue weighted by Gasteiger charge is -2.23. The van der Waals surface area contributed by atoms with Gasteiger partial charge in [0.1, 0.15) is 5.76 Å². The van der Waals surface area contributed by atoms with Crippen molar-refractivity contribution in [2.45, 2.75) is 58.3 Å². The molecule has 118 valence electrons. The van der Waals surface area contributed by atoms with Gasteiger partial charge in [-0.05, 0) is 38.4 Å².